The van der Waals surface area contributed by atoms with Crippen molar-refractivity contribution in [2.45, 2.75) is 129 Å². The second-order valence-electron chi connectivity index (χ2n) is 16.1. The molecular weight excluding hydrogens is 808 g/mol. The minimum Gasteiger partial charge on any atom is -1.00 e. The molecule has 310 valence electrons. The van der Waals surface area contributed by atoms with Crippen molar-refractivity contribution >= 4 is 23.2 Å². The summed E-state index contributed by atoms with van der Waals surface area (Å²) >= 11 is 0. The van der Waals surface area contributed by atoms with E-state index in [1.54, 1.807) is 0 Å². The molecule has 0 aliphatic rings. The Morgan fingerprint density at radius 1 is 0.463 bits per heavy atom. The third-order valence-corrected chi connectivity index (χ3v) is 9.73. The highest BCUT2D eigenvalue weighted by molar-refractivity contribution is 5.92. The highest BCUT2D eigenvalue weighted by Crippen LogP contribution is 2.19. The Kier molecular flexibility index (Phi) is 29.8. The maximum Gasteiger partial charge on any atom is 0.279 e. The van der Waals surface area contributed by atoms with Crippen LogP contribution in [0, 0.1) is 0 Å². The van der Waals surface area contributed by atoms with Crippen molar-refractivity contribution in [2.24, 2.45) is 0 Å². The third-order valence-electron chi connectivity index (χ3n) is 9.73. The predicted octanol–water partition coefficient (Wildman–Crippen LogP) is 4.24. The van der Waals surface area contributed by atoms with Crippen LogP contribution in [-0.2, 0) is 9.59 Å². The van der Waals surface area contributed by atoms with Crippen LogP contribution in [0.1, 0.15) is 129 Å². The molecule has 0 heterocycles. The number of quaternary nitrogens is 2. The lowest BCUT2D eigenvalue weighted by Gasteiger charge is -2.31. The van der Waals surface area contributed by atoms with Crippen LogP contribution in [0.2, 0.25) is 0 Å². The fourth-order valence-electron chi connectivity index (χ4n) is 6.54. The van der Waals surface area contributed by atoms with Crippen molar-refractivity contribution in [1.29, 1.82) is 0 Å². The normalized spacial score (nSPS) is 11.3. The first-order valence-corrected chi connectivity index (χ1v) is 20.7. The van der Waals surface area contributed by atoms with Gasteiger partial charge in [0.05, 0.1) is 54.5 Å². The Bertz CT molecular complexity index is 1130. The molecule has 0 saturated heterocycles. The number of nitrogens with one attached hydrogen (secondary N) is 2. The molecule has 0 fully saturated rings. The maximum atomic E-state index is 12.9. The van der Waals surface area contributed by atoms with Gasteiger partial charge in [-0.2, -0.15) is 0 Å². The van der Waals surface area contributed by atoms with E-state index in [0.717, 1.165) is 74.9 Å². The minimum absolute atomic E-state index is 0. The summed E-state index contributed by atoms with van der Waals surface area (Å²) in [5.74, 6) is 1.71. The fraction of sp³-hybridized carbons (Fsp3) is 0.682. The van der Waals surface area contributed by atoms with E-state index in [9.17, 15) is 9.59 Å². The molecule has 2 aromatic carbocycles. The fourth-order valence-corrected chi connectivity index (χ4v) is 6.54. The molecule has 2 amide bonds. The van der Waals surface area contributed by atoms with Gasteiger partial charge in [-0.05, 0) is 61.4 Å². The molecule has 10 heteroatoms. The van der Waals surface area contributed by atoms with Crippen molar-refractivity contribution < 1.29 is 62.0 Å². The van der Waals surface area contributed by atoms with E-state index in [-0.39, 0.29) is 45.8 Å². The number of anilines is 2. The lowest BCUT2D eigenvalue weighted by molar-refractivity contribution is -0.888. The summed E-state index contributed by atoms with van der Waals surface area (Å²) in [7, 11) is 8.40. The standard InChI is InChI=1S/C44H74N4O4.2BrH/c1-7-9-11-13-15-17-19-23-35-51-41-29-25-39(26-30-41)45-43(49)37-47(3,4)33-21-22-34-48(5,6)38-44(50)46-40-27-31-42(32-28-40)52-36-24-20-18-16-14-12-10-8-2;;/h25-32H,7-24,33-38H2,1-6H3;2*1H. The Hall–Kier alpha value is -2.14. The molecule has 0 saturated carbocycles. The Labute approximate surface area is 351 Å². The number of unbranched alkanes of at least 4 members (excludes halogenated alkanes) is 15. The van der Waals surface area contributed by atoms with Crippen LogP contribution in [0.15, 0.2) is 48.5 Å². The van der Waals surface area contributed by atoms with Gasteiger partial charge in [0.2, 0.25) is 0 Å². The number of likely N-dealkylation sites (N-methyl/N-ethyl adjacent to an activating group) is 2. The van der Waals surface area contributed by atoms with Gasteiger partial charge in [-0.1, -0.05) is 104 Å². The zero-order chi connectivity index (χ0) is 37.9. The van der Waals surface area contributed by atoms with Gasteiger partial charge in [0.25, 0.3) is 11.8 Å². The second kappa shape index (κ2) is 31.0. The summed E-state index contributed by atoms with van der Waals surface area (Å²) in [6, 6.07) is 15.4. The molecular formula is C44H76Br2N4O4. The van der Waals surface area contributed by atoms with E-state index < -0.39 is 0 Å². The van der Waals surface area contributed by atoms with E-state index in [0.29, 0.717) is 22.1 Å². The zero-order valence-electron chi connectivity index (χ0n) is 34.9. The Morgan fingerprint density at radius 2 is 0.759 bits per heavy atom. The van der Waals surface area contributed by atoms with Crippen LogP contribution in [-0.4, -0.2) is 88.4 Å². The van der Waals surface area contributed by atoms with Crippen molar-refractivity contribution in [3.8, 4) is 11.5 Å². The molecule has 0 aliphatic carbocycles. The van der Waals surface area contributed by atoms with Gasteiger partial charge >= 0.3 is 0 Å². The summed E-state index contributed by atoms with van der Waals surface area (Å²) in [6.07, 6.45) is 22.5. The lowest BCUT2D eigenvalue weighted by Crippen LogP contribution is -3.00. The number of hydrogen-bond donors (Lipinski definition) is 2. The van der Waals surface area contributed by atoms with Crippen LogP contribution in [0.5, 0.6) is 11.5 Å². The second-order valence-corrected chi connectivity index (χ2v) is 16.1. The number of nitrogens with zero attached hydrogens (tertiary/aromatic N) is 2. The molecule has 0 unspecified atom stereocenters. The van der Waals surface area contributed by atoms with Gasteiger partial charge < -0.3 is 63.0 Å². The van der Waals surface area contributed by atoms with Crippen LogP contribution >= 0.6 is 0 Å². The van der Waals surface area contributed by atoms with Gasteiger partial charge in [0.15, 0.2) is 13.1 Å². The topological polar surface area (TPSA) is 76.7 Å². The minimum atomic E-state index is 0. The zero-order valence-corrected chi connectivity index (χ0v) is 38.0. The van der Waals surface area contributed by atoms with E-state index in [2.05, 4.69) is 52.7 Å². The SMILES string of the molecule is CCCCCCCCCCOc1ccc(NC(=O)C[N+](C)(C)CCCC[N+](C)(C)CC(=O)Nc2ccc(OCCCCCCCCCC)cc2)cc1.[Br-].[Br-]. The van der Waals surface area contributed by atoms with E-state index in [1.807, 2.05) is 48.5 Å². The average Bonchev–Trinajstić information content (AvgIpc) is 3.09. The summed E-state index contributed by atoms with van der Waals surface area (Å²) < 4.78 is 13.0. The largest absolute Gasteiger partial charge is 1.00 e. The molecule has 0 aromatic heterocycles. The van der Waals surface area contributed by atoms with Crippen LogP contribution in [0.4, 0.5) is 11.4 Å². The van der Waals surface area contributed by atoms with Gasteiger partial charge in [-0.3, -0.25) is 9.59 Å². The maximum absolute atomic E-state index is 12.9. The molecule has 54 heavy (non-hydrogen) atoms. The first-order chi connectivity index (χ1) is 25.0. The van der Waals surface area contributed by atoms with Crippen LogP contribution in [0.3, 0.4) is 0 Å². The number of benzene rings is 2. The third kappa shape index (κ3) is 26.6. The number of carbonyl (C=O) groups excluding carboxylic acids is 2. The molecule has 0 aliphatic heterocycles. The molecule has 8 nitrogen and oxygen atoms in total. The summed E-state index contributed by atoms with van der Waals surface area (Å²) in [5, 5.41) is 6.09. The molecule has 2 rings (SSSR count). The van der Waals surface area contributed by atoms with Crippen molar-refractivity contribution in [2.75, 3.05) is 78.2 Å². The van der Waals surface area contributed by atoms with Crippen LogP contribution in [0.25, 0.3) is 0 Å². The van der Waals surface area contributed by atoms with Gasteiger partial charge in [0.1, 0.15) is 11.5 Å². The molecule has 0 atom stereocenters. The smallest absolute Gasteiger partial charge is 0.279 e. The summed E-state index contributed by atoms with van der Waals surface area (Å²) in [5.41, 5.74) is 1.58. The van der Waals surface area contributed by atoms with E-state index >= 15 is 0 Å². The molecule has 0 spiro atoms. The predicted molar refractivity (Wildman–Crippen MR) is 219 cm³/mol. The van der Waals surface area contributed by atoms with Crippen molar-refractivity contribution in [1.82, 2.24) is 0 Å². The van der Waals surface area contributed by atoms with Gasteiger partial charge in [-0.15, -0.1) is 0 Å². The summed E-state index contributed by atoms with van der Waals surface area (Å²) in [4.78, 5) is 25.7. The average molecular weight is 885 g/mol. The number of hydrogen-bond acceptors (Lipinski definition) is 4. The van der Waals surface area contributed by atoms with Crippen molar-refractivity contribution in [3.05, 3.63) is 48.5 Å². The molecule has 0 bridgehead atoms. The monoisotopic (exact) mass is 882 g/mol. The lowest BCUT2D eigenvalue weighted by atomic mass is 10.1. The van der Waals surface area contributed by atoms with E-state index in [1.165, 1.54) is 89.9 Å². The quantitative estimate of drug-likeness (QED) is 0.0879. The van der Waals surface area contributed by atoms with Crippen molar-refractivity contribution in [3.63, 3.8) is 0 Å². The number of rotatable bonds is 31. The van der Waals surface area contributed by atoms with E-state index in [4.69, 9.17) is 9.47 Å². The molecule has 2 N–H and O–H groups in total. The molecule has 2 aromatic rings. The van der Waals surface area contributed by atoms with Gasteiger partial charge in [0, 0.05) is 24.2 Å². The first-order valence-electron chi connectivity index (χ1n) is 20.7. The first kappa shape index (κ1) is 51.9. The van der Waals surface area contributed by atoms with Crippen LogP contribution < -0.4 is 54.1 Å². The highest BCUT2D eigenvalue weighted by atomic mass is 79.9. The summed E-state index contributed by atoms with van der Waals surface area (Å²) in [6.45, 7) is 8.56. The Morgan fingerprint density at radius 3 is 1.07 bits per heavy atom. The number of ether oxygens (including phenoxy) is 2. The Balaban J connectivity index is 0.0000140. The number of halogens is 2. The molecule has 0 radical (unpaired) electrons. The number of carbonyl (C=O) groups is 2. The van der Waals surface area contributed by atoms with Gasteiger partial charge in [-0.25, -0.2) is 0 Å². The highest BCUT2D eigenvalue weighted by Gasteiger charge is 2.23. The number of amides is 2.